The predicted octanol–water partition coefficient (Wildman–Crippen LogP) is 0.732. The molecular weight excluding hydrogens is 242 g/mol. The Kier molecular flexibility index (Phi) is 2.76. The molecule has 0 fully saturated rings. The summed E-state index contributed by atoms with van der Waals surface area (Å²) in [6.45, 7) is 0.429. The molecule has 1 aromatic carbocycles. The minimum absolute atomic E-state index is 0.0218. The van der Waals surface area contributed by atoms with Gasteiger partial charge in [0, 0.05) is 12.0 Å². The molecule has 0 saturated heterocycles. The van der Waals surface area contributed by atoms with Crippen LogP contribution in [0.25, 0.3) is 5.57 Å². The standard InChI is InChI=1S/C11H11NO4S/c1-12-5-8-6-17(15,16)10-4-7(11(13)14)2-3-9(8)10/h2-4,6,12H,5H2,1H3,(H,13,14). The third-order valence-electron chi connectivity index (χ3n) is 2.55. The summed E-state index contributed by atoms with van der Waals surface area (Å²) in [6, 6.07) is 4.14. The first kappa shape index (κ1) is 11.8. The lowest BCUT2D eigenvalue weighted by Crippen LogP contribution is -2.09. The van der Waals surface area contributed by atoms with Crippen molar-refractivity contribution in [2.75, 3.05) is 13.6 Å². The molecular formula is C11H11NO4S. The number of sulfone groups is 1. The molecule has 0 spiro atoms. The molecule has 90 valence electrons. The fourth-order valence-corrected chi connectivity index (χ4v) is 3.31. The van der Waals surface area contributed by atoms with E-state index in [1.54, 1.807) is 7.05 Å². The van der Waals surface area contributed by atoms with Gasteiger partial charge >= 0.3 is 5.97 Å². The van der Waals surface area contributed by atoms with Gasteiger partial charge in [-0.15, -0.1) is 0 Å². The highest BCUT2D eigenvalue weighted by Gasteiger charge is 2.27. The lowest BCUT2D eigenvalue weighted by Gasteiger charge is -2.04. The average molecular weight is 253 g/mol. The number of nitrogens with one attached hydrogen (secondary N) is 1. The Bertz CT molecular complexity index is 616. The van der Waals surface area contributed by atoms with Gasteiger partial charge in [-0.1, -0.05) is 6.07 Å². The van der Waals surface area contributed by atoms with E-state index in [0.29, 0.717) is 17.7 Å². The summed E-state index contributed by atoms with van der Waals surface area (Å²) in [5, 5.41) is 12.9. The molecule has 0 aromatic heterocycles. The molecule has 6 heteroatoms. The van der Waals surface area contributed by atoms with Crippen LogP contribution in [0, 0.1) is 0 Å². The Morgan fingerprint density at radius 3 is 2.71 bits per heavy atom. The fourth-order valence-electron chi connectivity index (χ4n) is 1.80. The number of benzene rings is 1. The van der Waals surface area contributed by atoms with E-state index in [9.17, 15) is 13.2 Å². The Balaban J connectivity index is 2.60. The predicted molar refractivity (Wildman–Crippen MR) is 62.5 cm³/mol. The minimum atomic E-state index is -3.50. The van der Waals surface area contributed by atoms with Crippen LogP contribution in [0.2, 0.25) is 0 Å². The number of hydrogen-bond donors (Lipinski definition) is 2. The van der Waals surface area contributed by atoms with E-state index in [1.807, 2.05) is 0 Å². The average Bonchev–Trinajstić information content (AvgIpc) is 2.51. The Morgan fingerprint density at radius 2 is 2.12 bits per heavy atom. The number of fused-ring (bicyclic) bond motifs is 1. The molecule has 0 amide bonds. The lowest BCUT2D eigenvalue weighted by molar-refractivity contribution is 0.0696. The second-order valence-corrected chi connectivity index (χ2v) is 5.50. The number of carboxylic acids is 1. The fraction of sp³-hybridized carbons (Fsp3) is 0.182. The van der Waals surface area contributed by atoms with Crippen LogP contribution in [0.3, 0.4) is 0 Å². The van der Waals surface area contributed by atoms with Crippen LogP contribution in [-0.4, -0.2) is 33.1 Å². The molecule has 1 heterocycles. The number of carboxylic acid groups (broad SMARTS) is 1. The molecule has 17 heavy (non-hydrogen) atoms. The maximum absolute atomic E-state index is 11.8. The lowest BCUT2D eigenvalue weighted by atomic mass is 10.1. The van der Waals surface area contributed by atoms with Crippen LogP contribution < -0.4 is 5.32 Å². The first-order valence-electron chi connectivity index (χ1n) is 4.93. The summed E-state index contributed by atoms with van der Waals surface area (Å²) < 4.78 is 23.6. The van der Waals surface area contributed by atoms with Gasteiger partial charge < -0.3 is 10.4 Å². The summed E-state index contributed by atoms with van der Waals surface area (Å²) >= 11 is 0. The maximum atomic E-state index is 11.8. The molecule has 1 aromatic rings. The van der Waals surface area contributed by atoms with Gasteiger partial charge in [-0.3, -0.25) is 0 Å². The van der Waals surface area contributed by atoms with Crippen molar-refractivity contribution in [3.63, 3.8) is 0 Å². The summed E-state index contributed by atoms with van der Waals surface area (Å²) in [5.74, 6) is -1.13. The van der Waals surface area contributed by atoms with Crippen molar-refractivity contribution in [1.29, 1.82) is 0 Å². The Morgan fingerprint density at radius 1 is 1.41 bits per heavy atom. The molecule has 0 aliphatic carbocycles. The first-order chi connectivity index (χ1) is 7.95. The smallest absolute Gasteiger partial charge is 0.335 e. The third-order valence-corrected chi connectivity index (χ3v) is 4.09. The minimum Gasteiger partial charge on any atom is -0.478 e. The highest BCUT2D eigenvalue weighted by atomic mass is 32.2. The van der Waals surface area contributed by atoms with Crippen LogP contribution >= 0.6 is 0 Å². The van der Waals surface area contributed by atoms with Crippen molar-refractivity contribution in [2.24, 2.45) is 0 Å². The molecule has 2 rings (SSSR count). The summed E-state index contributed by atoms with van der Waals surface area (Å²) in [7, 11) is -1.78. The highest BCUT2D eigenvalue weighted by molar-refractivity contribution is 7.95. The second kappa shape index (κ2) is 3.97. The van der Waals surface area contributed by atoms with Gasteiger partial charge in [0.2, 0.25) is 9.84 Å². The summed E-state index contributed by atoms with van der Waals surface area (Å²) in [6.07, 6.45) is 0. The zero-order valence-corrected chi connectivity index (χ0v) is 9.91. The topological polar surface area (TPSA) is 83.5 Å². The quantitative estimate of drug-likeness (QED) is 0.829. The Labute approximate surface area is 98.7 Å². The van der Waals surface area contributed by atoms with Crippen molar-refractivity contribution >= 4 is 21.4 Å². The molecule has 0 radical (unpaired) electrons. The number of carbonyl (C=O) groups is 1. The van der Waals surface area contributed by atoms with E-state index in [1.165, 1.54) is 23.6 Å². The molecule has 1 aliphatic rings. The zero-order chi connectivity index (χ0) is 12.6. The second-order valence-electron chi connectivity index (χ2n) is 3.73. The Hall–Kier alpha value is -1.66. The van der Waals surface area contributed by atoms with Crippen molar-refractivity contribution in [3.8, 4) is 0 Å². The summed E-state index contributed by atoms with van der Waals surface area (Å²) in [4.78, 5) is 10.9. The van der Waals surface area contributed by atoms with Gasteiger partial charge in [0.05, 0.1) is 10.5 Å². The molecule has 5 nitrogen and oxygen atoms in total. The number of aromatic carboxylic acids is 1. The van der Waals surface area contributed by atoms with Gasteiger partial charge in [-0.25, -0.2) is 13.2 Å². The van der Waals surface area contributed by atoms with Crippen LogP contribution in [0.4, 0.5) is 0 Å². The number of rotatable bonds is 3. The van der Waals surface area contributed by atoms with Crippen LogP contribution in [-0.2, 0) is 9.84 Å². The SMILES string of the molecule is CNCC1=CS(=O)(=O)c2cc(C(=O)O)ccc21. The van der Waals surface area contributed by atoms with E-state index in [2.05, 4.69) is 5.32 Å². The first-order valence-corrected chi connectivity index (χ1v) is 6.48. The van der Waals surface area contributed by atoms with Crippen molar-refractivity contribution < 1.29 is 18.3 Å². The third kappa shape index (κ3) is 1.96. The van der Waals surface area contributed by atoms with Gasteiger partial charge in [0.1, 0.15) is 0 Å². The molecule has 2 N–H and O–H groups in total. The number of likely N-dealkylation sites (N-methyl/N-ethyl adjacent to an activating group) is 1. The van der Waals surface area contributed by atoms with E-state index in [4.69, 9.17) is 5.11 Å². The van der Waals surface area contributed by atoms with Crippen molar-refractivity contribution in [1.82, 2.24) is 5.32 Å². The molecule has 1 aliphatic heterocycles. The van der Waals surface area contributed by atoms with Gasteiger partial charge in [0.25, 0.3) is 0 Å². The van der Waals surface area contributed by atoms with Gasteiger partial charge in [-0.2, -0.15) is 0 Å². The van der Waals surface area contributed by atoms with Crippen molar-refractivity contribution in [2.45, 2.75) is 4.90 Å². The monoisotopic (exact) mass is 253 g/mol. The van der Waals surface area contributed by atoms with E-state index >= 15 is 0 Å². The molecule has 0 atom stereocenters. The summed E-state index contributed by atoms with van der Waals surface area (Å²) in [5.41, 5.74) is 1.20. The maximum Gasteiger partial charge on any atom is 0.335 e. The number of hydrogen-bond acceptors (Lipinski definition) is 4. The van der Waals surface area contributed by atoms with Crippen LogP contribution in [0.15, 0.2) is 28.5 Å². The van der Waals surface area contributed by atoms with Gasteiger partial charge in [0.15, 0.2) is 0 Å². The van der Waals surface area contributed by atoms with Gasteiger partial charge in [-0.05, 0) is 30.3 Å². The van der Waals surface area contributed by atoms with E-state index < -0.39 is 15.8 Å². The van der Waals surface area contributed by atoms with Crippen molar-refractivity contribution in [3.05, 3.63) is 34.7 Å². The molecule has 0 bridgehead atoms. The largest absolute Gasteiger partial charge is 0.478 e. The van der Waals surface area contributed by atoms with Crippen LogP contribution in [0.1, 0.15) is 15.9 Å². The molecule has 0 saturated carbocycles. The van der Waals surface area contributed by atoms with E-state index in [0.717, 1.165) is 0 Å². The van der Waals surface area contributed by atoms with E-state index in [-0.39, 0.29) is 10.5 Å². The zero-order valence-electron chi connectivity index (χ0n) is 9.10. The molecule has 0 unspecified atom stereocenters. The highest BCUT2D eigenvalue weighted by Crippen LogP contribution is 2.33. The van der Waals surface area contributed by atoms with Crippen LogP contribution in [0.5, 0.6) is 0 Å². The normalized spacial score (nSPS) is 16.4.